The van der Waals surface area contributed by atoms with E-state index in [-0.39, 0.29) is 12.5 Å². The predicted octanol–water partition coefficient (Wildman–Crippen LogP) is 1.77. The van der Waals surface area contributed by atoms with Crippen molar-refractivity contribution in [3.8, 4) is 5.75 Å². The smallest absolute Gasteiger partial charge is 0.338 e. The molecule has 0 fully saturated rings. The quantitative estimate of drug-likeness (QED) is 0.763. The van der Waals surface area contributed by atoms with Gasteiger partial charge in [-0.1, -0.05) is 13.0 Å². The molecule has 1 aromatic carbocycles. The molecule has 0 bridgehead atoms. The third-order valence-electron chi connectivity index (χ3n) is 2.29. The summed E-state index contributed by atoms with van der Waals surface area (Å²) < 4.78 is 10.2. The zero-order valence-corrected chi connectivity index (χ0v) is 11.3. The van der Waals surface area contributed by atoms with Gasteiger partial charge in [-0.05, 0) is 31.5 Å². The standard InChI is InChI=1S/C14H19NO4/c1-3-8-15-13(16)10-19-12-7-5-6-11(9-12)14(17)18-4-2/h5-7,9H,3-4,8,10H2,1-2H3,(H,15,16). The maximum Gasteiger partial charge on any atom is 0.338 e. The van der Waals surface area contributed by atoms with Gasteiger partial charge in [0, 0.05) is 6.54 Å². The minimum Gasteiger partial charge on any atom is -0.484 e. The van der Waals surface area contributed by atoms with E-state index >= 15 is 0 Å². The highest BCUT2D eigenvalue weighted by Gasteiger charge is 2.08. The SMILES string of the molecule is CCCNC(=O)COc1cccc(C(=O)OCC)c1. The molecule has 0 heterocycles. The molecule has 0 radical (unpaired) electrons. The molecule has 1 rings (SSSR count). The molecule has 0 atom stereocenters. The summed E-state index contributed by atoms with van der Waals surface area (Å²) in [7, 11) is 0. The minimum atomic E-state index is -0.400. The summed E-state index contributed by atoms with van der Waals surface area (Å²) in [6, 6.07) is 6.58. The lowest BCUT2D eigenvalue weighted by Gasteiger charge is -2.08. The number of hydrogen-bond donors (Lipinski definition) is 1. The summed E-state index contributed by atoms with van der Waals surface area (Å²) in [5.41, 5.74) is 0.410. The van der Waals surface area contributed by atoms with Crippen LogP contribution >= 0.6 is 0 Å². The number of nitrogens with one attached hydrogen (secondary N) is 1. The Morgan fingerprint density at radius 1 is 1.26 bits per heavy atom. The van der Waals surface area contributed by atoms with Crippen LogP contribution in [-0.2, 0) is 9.53 Å². The van der Waals surface area contributed by atoms with Crippen LogP contribution in [0.4, 0.5) is 0 Å². The van der Waals surface area contributed by atoms with Gasteiger partial charge >= 0.3 is 5.97 Å². The highest BCUT2D eigenvalue weighted by atomic mass is 16.5. The molecular formula is C14H19NO4. The summed E-state index contributed by atoms with van der Waals surface area (Å²) in [4.78, 5) is 22.9. The number of carbonyl (C=O) groups excluding carboxylic acids is 2. The van der Waals surface area contributed by atoms with Crippen molar-refractivity contribution in [1.82, 2.24) is 5.32 Å². The van der Waals surface area contributed by atoms with Crippen molar-refractivity contribution in [2.24, 2.45) is 0 Å². The number of amides is 1. The number of carbonyl (C=O) groups is 2. The summed E-state index contributed by atoms with van der Waals surface area (Å²) in [5.74, 6) is -0.107. The molecule has 0 saturated heterocycles. The Kier molecular flexibility index (Phi) is 6.43. The van der Waals surface area contributed by atoms with Gasteiger partial charge in [0.15, 0.2) is 6.61 Å². The largest absolute Gasteiger partial charge is 0.484 e. The Morgan fingerprint density at radius 2 is 2.05 bits per heavy atom. The topological polar surface area (TPSA) is 64.6 Å². The van der Waals surface area contributed by atoms with Gasteiger partial charge in [0.1, 0.15) is 5.75 Å². The van der Waals surface area contributed by atoms with Crippen molar-refractivity contribution in [2.75, 3.05) is 19.8 Å². The van der Waals surface area contributed by atoms with E-state index in [1.165, 1.54) is 0 Å². The summed E-state index contributed by atoms with van der Waals surface area (Å²) >= 11 is 0. The van der Waals surface area contributed by atoms with Gasteiger partial charge in [-0.15, -0.1) is 0 Å². The summed E-state index contributed by atoms with van der Waals surface area (Å²) in [6.45, 7) is 4.61. The van der Waals surface area contributed by atoms with Crippen LogP contribution < -0.4 is 10.1 Å². The molecule has 1 N–H and O–H groups in total. The van der Waals surface area contributed by atoms with Crippen molar-refractivity contribution in [3.05, 3.63) is 29.8 Å². The third kappa shape index (κ3) is 5.42. The molecule has 0 aliphatic carbocycles. The maximum absolute atomic E-state index is 11.5. The van der Waals surface area contributed by atoms with Crippen molar-refractivity contribution >= 4 is 11.9 Å². The van der Waals surface area contributed by atoms with Gasteiger partial charge in [-0.25, -0.2) is 4.79 Å². The van der Waals surface area contributed by atoms with Crippen LogP contribution in [0.2, 0.25) is 0 Å². The molecule has 1 amide bonds. The van der Waals surface area contributed by atoms with Crippen LogP contribution in [0.5, 0.6) is 5.75 Å². The lowest BCUT2D eigenvalue weighted by Crippen LogP contribution is -2.29. The van der Waals surface area contributed by atoms with Gasteiger partial charge in [0.2, 0.25) is 0 Å². The Morgan fingerprint density at radius 3 is 2.74 bits per heavy atom. The fourth-order valence-electron chi connectivity index (χ4n) is 1.39. The second-order valence-electron chi connectivity index (χ2n) is 3.89. The molecular weight excluding hydrogens is 246 g/mol. The molecule has 0 aliphatic heterocycles. The molecule has 19 heavy (non-hydrogen) atoms. The molecule has 5 nitrogen and oxygen atoms in total. The van der Waals surface area contributed by atoms with Crippen molar-refractivity contribution in [2.45, 2.75) is 20.3 Å². The van der Waals surface area contributed by atoms with E-state index in [2.05, 4.69) is 5.32 Å². The van der Waals surface area contributed by atoms with E-state index in [0.29, 0.717) is 24.5 Å². The second kappa shape index (κ2) is 8.13. The van der Waals surface area contributed by atoms with Crippen LogP contribution in [-0.4, -0.2) is 31.6 Å². The molecule has 0 spiro atoms. The highest BCUT2D eigenvalue weighted by Crippen LogP contribution is 2.14. The monoisotopic (exact) mass is 265 g/mol. The normalized spacial score (nSPS) is 9.79. The molecule has 5 heteroatoms. The van der Waals surface area contributed by atoms with Gasteiger partial charge in [-0.3, -0.25) is 4.79 Å². The second-order valence-corrected chi connectivity index (χ2v) is 3.89. The Bertz CT molecular complexity index is 431. The van der Waals surface area contributed by atoms with E-state index < -0.39 is 5.97 Å². The van der Waals surface area contributed by atoms with E-state index in [9.17, 15) is 9.59 Å². The molecule has 1 aromatic rings. The average Bonchev–Trinajstić information content (AvgIpc) is 2.43. The third-order valence-corrected chi connectivity index (χ3v) is 2.29. The van der Waals surface area contributed by atoms with Crippen LogP contribution in [0.1, 0.15) is 30.6 Å². The first-order valence-corrected chi connectivity index (χ1v) is 6.34. The number of rotatable bonds is 7. The molecule has 0 aromatic heterocycles. The van der Waals surface area contributed by atoms with Crippen molar-refractivity contribution in [3.63, 3.8) is 0 Å². The maximum atomic E-state index is 11.5. The zero-order chi connectivity index (χ0) is 14.1. The van der Waals surface area contributed by atoms with E-state index in [1.807, 2.05) is 6.92 Å². The summed E-state index contributed by atoms with van der Waals surface area (Å²) in [5, 5.41) is 2.70. The van der Waals surface area contributed by atoms with Gasteiger partial charge in [-0.2, -0.15) is 0 Å². The Balaban J connectivity index is 2.52. The number of benzene rings is 1. The minimum absolute atomic E-state index is 0.0632. The number of hydrogen-bond acceptors (Lipinski definition) is 4. The van der Waals surface area contributed by atoms with Crippen molar-refractivity contribution in [1.29, 1.82) is 0 Å². The van der Waals surface area contributed by atoms with Gasteiger partial charge in [0.25, 0.3) is 5.91 Å². The molecule has 0 aliphatic rings. The highest BCUT2D eigenvalue weighted by molar-refractivity contribution is 5.89. The van der Waals surface area contributed by atoms with E-state index in [4.69, 9.17) is 9.47 Å². The fraction of sp³-hybridized carbons (Fsp3) is 0.429. The lowest BCUT2D eigenvalue weighted by molar-refractivity contribution is -0.123. The molecule has 0 saturated carbocycles. The Labute approximate surface area is 112 Å². The van der Waals surface area contributed by atoms with Crippen LogP contribution in [0, 0.1) is 0 Å². The number of esters is 1. The first kappa shape index (κ1) is 15.0. The van der Waals surface area contributed by atoms with Crippen molar-refractivity contribution < 1.29 is 19.1 Å². The van der Waals surface area contributed by atoms with E-state index in [0.717, 1.165) is 6.42 Å². The summed E-state index contributed by atoms with van der Waals surface area (Å²) in [6.07, 6.45) is 0.879. The molecule has 0 unspecified atom stereocenters. The van der Waals surface area contributed by atoms with Gasteiger partial charge < -0.3 is 14.8 Å². The van der Waals surface area contributed by atoms with Crippen LogP contribution in [0.25, 0.3) is 0 Å². The number of ether oxygens (including phenoxy) is 2. The fourth-order valence-corrected chi connectivity index (χ4v) is 1.39. The zero-order valence-electron chi connectivity index (χ0n) is 11.3. The Hall–Kier alpha value is -2.04. The first-order valence-electron chi connectivity index (χ1n) is 6.34. The van der Waals surface area contributed by atoms with Crippen LogP contribution in [0.15, 0.2) is 24.3 Å². The lowest BCUT2D eigenvalue weighted by atomic mass is 10.2. The van der Waals surface area contributed by atoms with E-state index in [1.54, 1.807) is 31.2 Å². The predicted molar refractivity (Wildman–Crippen MR) is 71.2 cm³/mol. The van der Waals surface area contributed by atoms with Gasteiger partial charge in [0.05, 0.1) is 12.2 Å². The molecule has 104 valence electrons. The average molecular weight is 265 g/mol. The first-order chi connectivity index (χ1) is 9.17. The van der Waals surface area contributed by atoms with Crippen LogP contribution in [0.3, 0.4) is 0 Å².